The van der Waals surface area contributed by atoms with Crippen molar-refractivity contribution < 1.29 is 9.84 Å². The molecule has 0 amide bonds. The first-order valence-electron chi connectivity index (χ1n) is 12.4. The van der Waals surface area contributed by atoms with Crippen LogP contribution in [0.2, 0.25) is 0 Å². The van der Waals surface area contributed by atoms with Gasteiger partial charge in [0.15, 0.2) is 0 Å². The molecule has 6 rings (SSSR count). The van der Waals surface area contributed by atoms with Gasteiger partial charge in [0, 0.05) is 72.4 Å². The number of fused-ring (bicyclic) bond motifs is 2. The van der Waals surface area contributed by atoms with Crippen molar-refractivity contribution in [1.29, 1.82) is 0 Å². The van der Waals surface area contributed by atoms with Crippen molar-refractivity contribution in [2.45, 2.75) is 38.1 Å². The molecule has 0 bridgehead atoms. The number of aromatic nitrogens is 1. The van der Waals surface area contributed by atoms with Crippen LogP contribution in [0.4, 0.5) is 0 Å². The predicted octanol–water partition coefficient (Wildman–Crippen LogP) is 5.17. The molecular formula is C29H31N3O2S. The summed E-state index contributed by atoms with van der Waals surface area (Å²) in [6, 6.07) is 21.5. The highest BCUT2D eigenvalue weighted by molar-refractivity contribution is 7.19. The van der Waals surface area contributed by atoms with Crippen molar-refractivity contribution in [2.24, 2.45) is 0 Å². The largest absolute Gasteiger partial charge is 0.492 e. The molecule has 35 heavy (non-hydrogen) atoms. The number of piperidine rings is 1. The molecule has 2 aromatic heterocycles. The fourth-order valence-electron chi connectivity index (χ4n) is 5.34. The number of ether oxygens (including phenoxy) is 1. The number of thiophene rings is 1. The number of nitrogens with zero attached hydrogens (tertiary/aromatic N) is 3. The minimum absolute atomic E-state index is 0.719. The molecule has 0 atom stereocenters. The van der Waals surface area contributed by atoms with Crippen molar-refractivity contribution in [3.63, 3.8) is 0 Å². The molecule has 0 unspecified atom stereocenters. The van der Waals surface area contributed by atoms with E-state index in [0.717, 1.165) is 70.0 Å². The average molecular weight is 486 g/mol. The highest BCUT2D eigenvalue weighted by atomic mass is 32.1. The first kappa shape index (κ1) is 22.7. The Hall–Kier alpha value is -2.77. The lowest BCUT2D eigenvalue weighted by Gasteiger charge is -2.38. The Kier molecular flexibility index (Phi) is 6.29. The van der Waals surface area contributed by atoms with Crippen LogP contribution in [0.25, 0.3) is 10.1 Å². The van der Waals surface area contributed by atoms with Crippen LogP contribution in [0.3, 0.4) is 0 Å². The summed E-state index contributed by atoms with van der Waals surface area (Å²) >= 11 is 1.89. The third-order valence-corrected chi connectivity index (χ3v) is 8.43. The quantitative estimate of drug-likeness (QED) is 0.422. The van der Waals surface area contributed by atoms with Crippen molar-refractivity contribution >= 4 is 21.4 Å². The van der Waals surface area contributed by atoms with E-state index in [9.17, 15) is 5.11 Å². The second-order valence-electron chi connectivity index (χ2n) is 9.80. The Morgan fingerprint density at radius 2 is 1.83 bits per heavy atom. The van der Waals surface area contributed by atoms with Gasteiger partial charge in [-0.15, -0.1) is 11.3 Å². The molecule has 1 saturated heterocycles. The van der Waals surface area contributed by atoms with Gasteiger partial charge in [-0.05, 0) is 54.1 Å². The second kappa shape index (κ2) is 9.70. The van der Waals surface area contributed by atoms with Crippen LogP contribution >= 0.6 is 11.3 Å². The molecule has 2 aromatic carbocycles. The van der Waals surface area contributed by atoms with Crippen molar-refractivity contribution in [3.05, 3.63) is 94.6 Å². The molecule has 1 fully saturated rings. The Labute approximate surface area is 210 Å². The van der Waals surface area contributed by atoms with Gasteiger partial charge in [0.1, 0.15) is 12.4 Å². The first-order chi connectivity index (χ1) is 17.1. The van der Waals surface area contributed by atoms with Gasteiger partial charge in [-0.2, -0.15) is 0 Å². The van der Waals surface area contributed by atoms with E-state index in [2.05, 4.69) is 63.3 Å². The summed E-state index contributed by atoms with van der Waals surface area (Å²) in [6.45, 7) is 6.14. The molecule has 0 spiro atoms. The van der Waals surface area contributed by atoms with Gasteiger partial charge in [0.05, 0.1) is 5.60 Å². The van der Waals surface area contributed by atoms with E-state index in [1.807, 2.05) is 23.5 Å². The standard InChI is InChI=1S/C29H31N3O2S/c33-29(25-5-3-11-30-18-25)9-12-31(13-10-29)19-22-7-8-27-24(16-22)20-32(14-15-34-27)21-26-17-23-4-1-2-6-28(23)35-26/h1-8,11,16-18,33H,9-10,12-15,19-21H2. The number of benzene rings is 2. The van der Waals surface area contributed by atoms with E-state index >= 15 is 0 Å². The van der Waals surface area contributed by atoms with Crippen LogP contribution < -0.4 is 4.74 Å². The van der Waals surface area contributed by atoms with Crippen LogP contribution in [0, 0.1) is 0 Å². The summed E-state index contributed by atoms with van der Waals surface area (Å²) in [5.41, 5.74) is 2.74. The molecule has 5 nitrogen and oxygen atoms in total. The molecular weight excluding hydrogens is 454 g/mol. The predicted molar refractivity (Wildman–Crippen MR) is 141 cm³/mol. The van der Waals surface area contributed by atoms with Gasteiger partial charge in [0.25, 0.3) is 0 Å². The van der Waals surface area contributed by atoms with E-state index in [1.165, 1.54) is 26.1 Å². The zero-order valence-electron chi connectivity index (χ0n) is 19.9. The van der Waals surface area contributed by atoms with Crippen LogP contribution in [-0.2, 0) is 25.2 Å². The van der Waals surface area contributed by atoms with Crippen molar-refractivity contribution in [2.75, 3.05) is 26.2 Å². The second-order valence-corrected chi connectivity index (χ2v) is 11.0. The Balaban J connectivity index is 1.11. The van der Waals surface area contributed by atoms with Crippen LogP contribution in [0.15, 0.2) is 73.1 Å². The maximum atomic E-state index is 11.1. The van der Waals surface area contributed by atoms with Crippen LogP contribution in [0.1, 0.15) is 34.4 Å². The summed E-state index contributed by atoms with van der Waals surface area (Å²) in [4.78, 5) is 10.5. The maximum Gasteiger partial charge on any atom is 0.123 e. The minimum Gasteiger partial charge on any atom is -0.492 e. The third kappa shape index (κ3) is 4.98. The summed E-state index contributed by atoms with van der Waals surface area (Å²) in [7, 11) is 0. The van der Waals surface area contributed by atoms with E-state index in [0.29, 0.717) is 0 Å². The number of hydrogen-bond acceptors (Lipinski definition) is 6. The molecule has 0 aliphatic carbocycles. The Bertz CT molecular complexity index is 1260. The van der Waals surface area contributed by atoms with E-state index in [-0.39, 0.29) is 0 Å². The van der Waals surface area contributed by atoms with Crippen molar-refractivity contribution in [1.82, 2.24) is 14.8 Å². The summed E-state index contributed by atoms with van der Waals surface area (Å²) < 4.78 is 7.46. The molecule has 0 saturated carbocycles. The number of hydrogen-bond donors (Lipinski definition) is 1. The van der Waals surface area contributed by atoms with Gasteiger partial charge in [-0.1, -0.05) is 30.3 Å². The lowest BCUT2D eigenvalue weighted by atomic mass is 9.85. The first-order valence-corrected chi connectivity index (χ1v) is 13.3. The third-order valence-electron chi connectivity index (χ3n) is 7.33. The van der Waals surface area contributed by atoms with Gasteiger partial charge >= 0.3 is 0 Å². The lowest BCUT2D eigenvalue weighted by molar-refractivity contribution is -0.0279. The Morgan fingerprint density at radius 3 is 2.66 bits per heavy atom. The summed E-state index contributed by atoms with van der Waals surface area (Å²) in [6.07, 6.45) is 5.02. The fraction of sp³-hybridized carbons (Fsp3) is 0.345. The van der Waals surface area contributed by atoms with Crippen LogP contribution in [0.5, 0.6) is 5.75 Å². The van der Waals surface area contributed by atoms with E-state index in [1.54, 1.807) is 12.4 Å². The smallest absolute Gasteiger partial charge is 0.123 e. The van der Waals surface area contributed by atoms with Gasteiger partial charge in [-0.3, -0.25) is 14.8 Å². The summed E-state index contributed by atoms with van der Waals surface area (Å²) in [5, 5.41) is 12.5. The highest BCUT2D eigenvalue weighted by Crippen LogP contribution is 2.34. The van der Waals surface area contributed by atoms with Crippen LogP contribution in [-0.4, -0.2) is 46.1 Å². The zero-order valence-corrected chi connectivity index (χ0v) is 20.7. The molecule has 1 N–H and O–H groups in total. The van der Waals surface area contributed by atoms with E-state index in [4.69, 9.17) is 4.74 Å². The summed E-state index contributed by atoms with van der Waals surface area (Å²) in [5.74, 6) is 1.01. The molecule has 4 heterocycles. The minimum atomic E-state index is -0.764. The normalized spacial score (nSPS) is 18.7. The lowest BCUT2D eigenvalue weighted by Crippen LogP contribution is -2.42. The SMILES string of the molecule is OC1(c2cccnc2)CCN(Cc2ccc3c(c2)CN(Cc2cc4ccccc4s2)CCO3)CC1. The number of aliphatic hydroxyl groups is 1. The fourth-order valence-corrected chi connectivity index (χ4v) is 6.44. The van der Waals surface area contributed by atoms with E-state index < -0.39 is 5.60 Å². The van der Waals surface area contributed by atoms with Gasteiger partial charge in [-0.25, -0.2) is 0 Å². The number of pyridine rings is 1. The topological polar surface area (TPSA) is 48.8 Å². The van der Waals surface area contributed by atoms with Gasteiger partial charge < -0.3 is 9.84 Å². The molecule has 0 radical (unpaired) electrons. The molecule has 4 aromatic rings. The average Bonchev–Trinajstić information content (AvgIpc) is 3.18. The highest BCUT2D eigenvalue weighted by Gasteiger charge is 2.34. The van der Waals surface area contributed by atoms with Gasteiger partial charge in [0.2, 0.25) is 0 Å². The molecule has 2 aliphatic heterocycles. The Morgan fingerprint density at radius 1 is 0.943 bits per heavy atom. The zero-order chi connectivity index (χ0) is 23.7. The van der Waals surface area contributed by atoms with Crippen molar-refractivity contribution in [3.8, 4) is 5.75 Å². The molecule has 2 aliphatic rings. The molecule has 180 valence electrons. The monoisotopic (exact) mass is 485 g/mol. The maximum absolute atomic E-state index is 11.1. The number of rotatable bonds is 5. The molecule has 6 heteroatoms. The number of likely N-dealkylation sites (tertiary alicyclic amines) is 1.